The van der Waals surface area contributed by atoms with Gasteiger partial charge in [-0.25, -0.2) is 4.79 Å². The highest BCUT2D eigenvalue weighted by molar-refractivity contribution is 6.21. The molecule has 0 aromatic heterocycles. The molecule has 1 aliphatic rings. The van der Waals surface area contributed by atoms with Gasteiger partial charge in [0.05, 0.1) is 24.4 Å². The number of rotatable bonds is 10. The van der Waals surface area contributed by atoms with E-state index < -0.39 is 18.2 Å². The molecule has 3 rings (SSSR count). The molecule has 5 atom stereocenters. The largest absolute Gasteiger partial charge is 0.478 e. The number of halogens is 1. The predicted octanol–water partition coefficient (Wildman–Crippen LogP) is 4.23. The fourth-order valence-corrected chi connectivity index (χ4v) is 4.94. The number of aliphatic hydroxyl groups is 2. The molecule has 2 aromatic carbocycles. The normalized spacial score (nSPS) is 24.1. The first-order valence-electron chi connectivity index (χ1n) is 10.9. The molecule has 0 aliphatic heterocycles. The number of aryl methyl sites for hydroxylation is 1. The quantitative estimate of drug-likeness (QED) is 0.366. The van der Waals surface area contributed by atoms with Crippen molar-refractivity contribution in [1.82, 2.24) is 0 Å². The lowest BCUT2D eigenvalue weighted by Gasteiger charge is -2.21. The molecule has 1 aliphatic carbocycles. The topological polar surface area (TPSA) is 87.0 Å². The summed E-state index contributed by atoms with van der Waals surface area (Å²) in [7, 11) is 1.66. The molecule has 1 fully saturated rings. The average Bonchev–Trinajstić information content (AvgIpc) is 3.03. The van der Waals surface area contributed by atoms with Gasteiger partial charge in [0.25, 0.3) is 0 Å². The van der Waals surface area contributed by atoms with Crippen LogP contribution in [0.4, 0.5) is 0 Å². The van der Waals surface area contributed by atoms with E-state index >= 15 is 0 Å². The third kappa shape index (κ3) is 6.66. The van der Waals surface area contributed by atoms with E-state index in [1.165, 1.54) is 0 Å². The summed E-state index contributed by atoms with van der Waals surface area (Å²) in [6.45, 7) is 0.534. The first-order chi connectivity index (χ1) is 15.4. The predicted molar refractivity (Wildman–Crippen MR) is 125 cm³/mol. The minimum Gasteiger partial charge on any atom is -0.478 e. The van der Waals surface area contributed by atoms with Crippen LogP contribution in [0.5, 0.6) is 0 Å². The Morgan fingerprint density at radius 1 is 1.19 bits per heavy atom. The van der Waals surface area contributed by atoms with E-state index in [1.807, 2.05) is 42.5 Å². The Hall–Kier alpha value is -2.18. The van der Waals surface area contributed by atoms with Gasteiger partial charge in [-0.3, -0.25) is 0 Å². The zero-order valence-electron chi connectivity index (χ0n) is 18.2. The number of ether oxygens (including phenoxy) is 1. The van der Waals surface area contributed by atoms with E-state index in [1.54, 1.807) is 25.3 Å². The Bertz CT molecular complexity index is 911. The second kappa shape index (κ2) is 11.6. The van der Waals surface area contributed by atoms with Crippen molar-refractivity contribution in [3.8, 4) is 0 Å². The molecule has 3 N–H and O–H groups in total. The molecule has 5 nitrogen and oxygen atoms in total. The van der Waals surface area contributed by atoms with Crippen molar-refractivity contribution in [3.05, 3.63) is 82.9 Å². The first-order valence-corrected chi connectivity index (χ1v) is 11.4. The number of carboxylic acid groups (broad SMARTS) is 1. The van der Waals surface area contributed by atoms with Crippen LogP contribution in [0, 0.1) is 11.8 Å². The lowest BCUT2D eigenvalue weighted by Crippen LogP contribution is -2.20. The number of hydrogen-bond donors (Lipinski definition) is 3. The third-order valence-corrected chi connectivity index (χ3v) is 6.64. The second-order valence-electron chi connectivity index (χ2n) is 8.51. The minimum absolute atomic E-state index is 0.0827. The highest BCUT2D eigenvalue weighted by Gasteiger charge is 2.39. The summed E-state index contributed by atoms with van der Waals surface area (Å²) in [5.74, 6) is -0.977. The van der Waals surface area contributed by atoms with Gasteiger partial charge < -0.3 is 20.1 Å². The lowest BCUT2D eigenvalue weighted by atomic mass is 9.88. The number of aromatic carboxylic acids is 1. The highest BCUT2D eigenvalue weighted by atomic mass is 35.5. The Morgan fingerprint density at radius 3 is 2.59 bits per heavy atom. The molecule has 0 radical (unpaired) electrons. The maximum atomic E-state index is 11.0. The molecule has 0 saturated heterocycles. The van der Waals surface area contributed by atoms with E-state index in [0.29, 0.717) is 19.4 Å². The van der Waals surface area contributed by atoms with Gasteiger partial charge in [0.15, 0.2) is 0 Å². The van der Waals surface area contributed by atoms with Crippen LogP contribution < -0.4 is 0 Å². The molecular weight excluding hydrogens is 428 g/mol. The molecule has 172 valence electrons. The first kappa shape index (κ1) is 24.5. The van der Waals surface area contributed by atoms with Crippen LogP contribution >= 0.6 is 11.6 Å². The van der Waals surface area contributed by atoms with Gasteiger partial charge in [-0.05, 0) is 54.0 Å². The van der Waals surface area contributed by atoms with Crippen molar-refractivity contribution < 1.29 is 24.9 Å². The van der Waals surface area contributed by atoms with Crippen LogP contribution in [-0.2, 0) is 24.2 Å². The molecule has 0 bridgehead atoms. The lowest BCUT2D eigenvalue weighted by molar-refractivity contribution is 0.0696. The zero-order valence-corrected chi connectivity index (χ0v) is 19.0. The molecule has 32 heavy (non-hydrogen) atoms. The van der Waals surface area contributed by atoms with Crippen molar-refractivity contribution in [2.45, 2.75) is 49.9 Å². The molecule has 0 heterocycles. The Kier molecular flexibility index (Phi) is 8.88. The number of carbonyl (C=O) groups is 1. The molecule has 1 saturated carbocycles. The number of alkyl halides is 1. The van der Waals surface area contributed by atoms with Crippen molar-refractivity contribution in [2.75, 3.05) is 7.11 Å². The maximum Gasteiger partial charge on any atom is 0.335 e. The van der Waals surface area contributed by atoms with Crippen LogP contribution in [0.15, 0.2) is 60.7 Å². The van der Waals surface area contributed by atoms with Gasteiger partial charge in [0, 0.05) is 24.8 Å². The standard InChI is InChI=1S/C26H31ClO5/c1-32-16-19-4-2-3-18(13-19)14-21(28)10-12-23-22(24(27)15-25(23)29)11-7-17-5-8-20(9-6-17)26(30)31/h2-6,8-10,12-13,21-25,28-29H,7,11,14-16H2,1H3,(H,30,31)/b12-10+/t21-,22-,23-,24-,25-/m1/s1. The van der Waals surface area contributed by atoms with Crippen LogP contribution in [0.25, 0.3) is 0 Å². The molecular formula is C26H31ClO5. The molecule has 0 spiro atoms. The summed E-state index contributed by atoms with van der Waals surface area (Å²) in [6.07, 6.45) is 5.02. The number of carboxylic acids is 1. The highest BCUT2D eigenvalue weighted by Crippen LogP contribution is 2.40. The van der Waals surface area contributed by atoms with Crippen molar-refractivity contribution in [1.29, 1.82) is 0 Å². The van der Waals surface area contributed by atoms with Crippen molar-refractivity contribution in [3.63, 3.8) is 0 Å². The molecule has 6 heteroatoms. The molecule has 2 aromatic rings. The van der Waals surface area contributed by atoms with E-state index in [2.05, 4.69) is 0 Å². The Morgan fingerprint density at radius 2 is 1.91 bits per heavy atom. The second-order valence-corrected chi connectivity index (χ2v) is 9.07. The fourth-order valence-electron chi connectivity index (χ4n) is 4.46. The Balaban J connectivity index is 1.59. The van der Waals surface area contributed by atoms with Crippen LogP contribution in [0.3, 0.4) is 0 Å². The van der Waals surface area contributed by atoms with Gasteiger partial charge in [0.1, 0.15) is 0 Å². The van der Waals surface area contributed by atoms with Gasteiger partial charge in [-0.2, -0.15) is 0 Å². The summed E-state index contributed by atoms with van der Waals surface area (Å²) >= 11 is 6.55. The summed E-state index contributed by atoms with van der Waals surface area (Å²) < 4.78 is 5.16. The van der Waals surface area contributed by atoms with Crippen molar-refractivity contribution >= 4 is 17.6 Å². The van der Waals surface area contributed by atoms with E-state index in [4.69, 9.17) is 21.4 Å². The monoisotopic (exact) mass is 458 g/mol. The summed E-state index contributed by atoms with van der Waals surface area (Å²) in [5, 5.41) is 29.9. The maximum absolute atomic E-state index is 11.0. The van der Waals surface area contributed by atoms with Crippen LogP contribution in [0.2, 0.25) is 0 Å². The van der Waals surface area contributed by atoms with Crippen molar-refractivity contribution in [2.24, 2.45) is 11.8 Å². The summed E-state index contributed by atoms with van der Waals surface area (Å²) in [4.78, 5) is 11.0. The fraction of sp³-hybridized carbons (Fsp3) is 0.423. The molecule has 0 amide bonds. The van der Waals surface area contributed by atoms with E-state index in [-0.39, 0.29) is 22.8 Å². The summed E-state index contributed by atoms with van der Waals surface area (Å²) in [6, 6.07) is 14.8. The van der Waals surface area contributed by atoms with Gasteiger partial charge in [-0.15, -0.1) is 11.6 Å². The summed E-state index contributed by atoms with van der Waals surface area (Å²) in [5.41, 5.74) is 3.40. The smallest absolute Gasteiger partial charge is 0.335 e. The number of methoxy groups -OCH3 is 1. The van der Waals surface area contributed by atoms with Gasteiger partial charge in [0.2, 0.25) is 0 Å². The average molecular weight is 459 g/mol. The van der Waals surface area contributed by atoms with E-state index in [0.717, 1.165) is 29.5 Å². The zero-order chi connectivity index (χ0) is 23.1. The van der Waals surface area contributed by atoms with Gasteiger partial charge in [-0.1, -0.05) is 48.6 Å². The third-order valence-electron chi connectivity index (χ3n) is 6.14. The number of aliphatic hydroxyl groups excluding tert-OH is 2. The van der Waals surface area contributed by atoms with E-state index in [9.17, 15) is 15.0 Å². The van der Waals surface area contributed by atoms with Crippen LogP contribution in [-0.4, -0.2) is 46.0 Å². The van der Waals surface area contributed by atoms with Crippen LogP contribution in [0.1, 0.15) is 39.9 Å². The number of benzene rings is 2. The minimum atomic E-state index is -0.939. The number of hydrogen-bond acceptors (Lipinski definition) is 4. The Labute approximate surface area is 194 Å². The van der Waals surface area contributed by atoms with Gasteiger partial charge >= 0.3 is 5.97 Å². The molecule has 0 unspecified atom stereocenters. The SMILES string of the molecule is COCc1cccc(C[C@H](O)/C=C/[C@@H]2[C@@H](CCc3ccc(C(=O)O)cc3)[C@H](Cl)C[C@H]2O)c1.